The van der Waals surface area contributed by atoms with Gasteiger partial charge in [0.2, 0.25) is 0 Å². The normalized spacial score (nSPS) is 19.9. The van der Waals surface area contributed by atoms with Gasteiger partial charge in [0.05, 0.1) is 12.7 Å². The average molecular weight is 234 g/mol. The molecule has 0 saturated carbocycles. The average Bonchev–Trinajstić information content (AvgIpc) is 2.27. The van der Waals surface area contributed by atoms with Crippen molar-refractivity contribution in [3.05, 3.63) is 28.8 Å². The highest BCUT2D eigenvalue weighted by atomic mass is 16.5. The Balaban J connectivity index is 2.56. The molecule has 0 spiro atoms. The fourth-order valence-corrected chi connectivity index (χ4v) is 2.72. The van der Waals surface area contributed by atoms with E-state index in [1.54, 1.807) is 7.11 Å². The smallest absolute Gasteiger partial charge is 0.125 e. The third kappa shape index (κ3) is 2.32. The molecular formula is C15H22O2. The molecule has 0 unspecified atom stereocenters. The van der Waals surface area contributed by atoms with Gasteiger partial charge >= 0.3 is 0 Å². The van der Waals surface area contributed by atoms with E-state index in [4.69, 9.17) is 4.74 Å². The maximum absolute atomic E-state index is 10.2. The molecule has 0 fully saturated rings. The van der Waals surface area contributed by atoms with E-state index in [0.717, 1.165) is 17.7 Å². The molecule has 94 valence electrons. The van der Waals surface area contributed by atoms with E-state index in [1.165, 1.54) is 24.0 Å². The van der Waals surface area contributed by atoms with Crippen molar-refractivity contribution >= 4 is 0 Å². The Morgan fingerprint density at radius 3 is 2.65 bits per heavy atom. The Bertz CT molecular complexity index is 416. The molecule has 1 aromatic carbocycles. The summed E-state index contributed by atoms with van der Waals surface area (Å²) in [5, 5.41) is 10.2. The minimum Gasteiger partial charge on any atom is -0.496 e. The summed E-state index contributed by atoms with van der Waals surface area (Å²) in [6.07, 6.45) is 3.61. The van der Waals surface area contributed by atoms with Gasteiger partial charge in [-0.3, -0.25) is 0 Å². The summed E-state index contributed by atoms with van der Waals surface area (Å²) in [4.78, 5) is 0. The van der Waals surface area contributed by atoms with Crippen LogP contribution >= 0.6 is 0 Å². The van der Waals surface area contributed by atoms with Crippen molar-refractivity contribution in [2.24, 2.45) is 0 Å². The van der Waals surface area contributed by atoms with Crippen molar-refractivity contribution < 1.29 is 9.84 Å². The molecule has 0 radical (unpaired) electrons. The van der Waals surface area contributed by atoms with Gasteiger partial charge in [0.1, 0.15) is 5.75 Å². The van der Waals surface area contributed by atoms with Crippen LogP contribution in [-0.4, -0.2) is 12.2 Å². The van der Waals surface area contributed by atoms with Crippen molar-refractivity contribution in [1.29, 1.82) is 0 Å². The first-order valence-electron chi connectivity index (χ1n) is 6.37. The molecule has 1 N–H and O–H groups in total. The Morgan fingerprint density at radius 1 is 1.35 bits per heavy atom. The molecule has 0 bridgehead atoms. The number of aliphatic hydroxyl groups is 1. The minimum atomic E-state index is -0.846. The molecule has 0 aliphatic heterocycles. The zero-order valence-corrected chi connectivity index (χ0v) is 11.2. The van der Waals surface area contributed by atoms with Crippen LogP contribution < -0.4 is 4.74 Å². The second-order valence-corrected chi connectivity index (χ2v) is 5.60. The molecule has 2 heteroatoms. The largest absolute Gasteiger partial charge is 0.496 e. The molecule has 1 atom stereocenters. The Hall–Kier alpha value is -1.02. The van der Waals surface area contributed by atoms with Gasteiger partial charge in [-0.1, -0.05) is 6.92 Å². The molecule has 0 heterocycles. The van der Waals surface area contributed by atoms with Crippen LogP contribution in [0.3, 0.4) is 0 Å². The predicted octanol–water partition coefficient (Wildman–Crippen LogP) is 3.36. The van der Waals surface area contributed by atoms with Gasteiger partial charge < -0.3 is 9.84 Å². The standard InChI is InChI=1S/C15H22O2/c1-10-6-5-7-11-8-13(15(2,3)16)14(17-4)9-12(10)11/h8-10,16H,5-7H2,1-4H3/t10-/m1/s1. The summed E-state index contributed by atoms with van der Waals surface area (Å²) in [7, 11) is 1.67. The van der Waals surface area contributed by atoms with Gasteiger partial charge in [-0.25, -0.2) is 0 Å². The maximum atomic E-state index is 10.2. The molecule has 0 amide bonds. The molecular weight excluding hydrogens is 212 g/mol. The molecule has 1 aromatic rings. The Kier molecular flexibility index (Phi) is 3.17. The summed E-state index contributed by atoms with van der Waals surface area (Å²) in [6.45, 7) is 5.88. The van der Waals surface area contributed by atoms with Crippen LogP contribution in [-0.2, 0) is 12.0 Å². The molecule has 1 aliphatic carbocycles. The quantitative estimate of drug-likeness (QED) is 0.850. The van der Waals surface area contributed by atoms with Crippen LogP contribution in [0.15, 0.2) is 12.1 Å². The van der Waals surface area contributed by atoms with Crippen LogP contribution in [0.25, 0.3) is 0 Å². The first kappa shape index (κ1) is 12.4. The fraction of sp³-hybridized carbons (Fsp3) is 0.600. The molecule has 0 aromatic heterocycles. The van der Waals surface area contributed by atoms with E-state index in [9.17, 15) is 5.11 Å². The van der Waals surface area contributed by atoms with Gasteiger partial charge in [0.25, 0.3) is 0 Å². The van der Waals surface area contributed by atoms with E-state index < -0.39 is 5.60 Å². The Labute approximate surface area is 104 Å². The summed E-state index contributed by atoms with van der Waals surface area (Å²) < 4.78 is 5.43. The lowest BCUT2D eigenvalue weighted by atomic mass is 9.81. The van der Waals surface area contributed by atoms with Crippen LogP contribution in [0.5, 0.6) is 5.75 Å². The second-order valence-electron chi connectivity index (χ2n) is 5.60. The SMILES string of the molecule is COc1cc2c(cc1C(C)(C)O)CCC[C@H]2C. The van der Waals surface area contributed by atoms with Gasteiger partial charge in [-0.15, -0.1) is 0 Å². The topological polar surface area (TPSA) is 29.5 Å². The zero-order valence-electron chi connectivity index (χ0n) is 11.2. The molecule has 1 aliphatic rings. The summed E-state index contributed by atoms with van der Waals surface area (Å²) in [6, 6.07) is 4.25. The van der Waals surface area contributed by atoms with Crippen molar-refractivity contribution in [2.75, 3.05) is 7.11 Å². The van der Waals surface area contributed by atoms with Crippen LogP contribution in [0.1, 0.15) is 56.2 Å². The molecule has 2 rings (SSSR count). The lowest BCUT2D eigenvalue weighted by Crippen LogP contribution is -2.19. The van der Waals surface area contributed by atoms with Crippen LogP contribution in [0.2, 0.25) is 0 Å². The third-order valence-electron chi connectivity index (χ3n) is 3.73. The van der Waals surface area contributed by atoms with Crippen molar-refractivity contribution in [1.82, 2.24) is 0 Å². The maximum Gasteiger partial charge on any atom is 0.125 e. The van der Waals surface area contributed by atoms with E-state index in [-0.39, 0.29) is 0 Å². The lowest BCUT2D eigenvalue weighted by Gasteiger charge is -2.28. The van der Waals surface area contributed by atoms with Gasteiger partial charge in [-0.05, 0) is 62.3 Å². The second kappa shape index (κ2) is 4.34. The van der Waals surface area contributed by atoms with Gasteiger partial charge in [0.15, 0.2) is 0 Å². The first-order valence-corrected chi connectivity index (χ1v) is 6.37. The lowest BCUT2D eigenvalue weighted by molar-refractivity contribution is 0.0755. The summed E-state index contributed by atoms with van der Waals surface area (Å²) in [5.41, 5.74) is 2.82. The molecule has 2 nitrogen and oxygen atoms in total. The number of ether oxygens (including phenoxy) is 1. The summed E-state index contributed by atoms with van der Waals surface area (Å²) >= 11 is 0. The van der Waals surface area contributed by atoms with Gasteiger partial charge in [0, 0.05) is 5.56 Å². The highest BCUT2D eigenvalue weighted by Gasteiger charge is 2.25. The molecule has 17 heavy (non-hydrogen) atoms. The number of benzene rings is 1. The van der Waals surface area contributed by atoms with E-state index in [1.807, 2.05) is 13.8 Å². The number of methoxy groups -OCH3 is 1. The van der Waals surface area contributed by atoms with E-state index >= 15 is 0 Å². The third-order valence-corrected chi connectivity index (χ3v) is 3.73. The predicted molar refractivity (Wildman–Crippen MR) is 69.6 cm³/mol. The number of fused-ring (bicyclic) bond motifs is 1. The van der Waals surface area contributed by atoms with Crippen LogP contribution in [0.4, 0.5) is 0 Å². The van der Waals surface area contributed by atoms with Crippen LogP contribution in [0, 0.1) is 0 Å². The number of hydrogen-bond donors (Lipinski definition) is 1. The number of hydrogen-bond acceptors (Lipinski definition) is 2. The Morgan fingerprint density at radius 2 is 2.06 bits per heavy atom. The first-order chi connectivity index (χ1) is 7.93. The highest BCUT2D eigenvalue weighted by molar-refractivity contribution is 5.47. The monoisotopic (exact) mass is 234 g/mol. The van der Waals surface area contributed by atoms with Gasteiger partial charge in [-0.2, -0.15) is 0 Å². The van der Waals surface area contributed by atoms with E-state index in [2.05, 4.69) is 19.1 Å². The number of aryl methyl sites for hydroxylation is 1. The van der Waals surface area contributed by atoms with Crippen molar-refractivity contribution in [2.45, 2.75) is 51.6 Å². The zero-order chi connectivity index (χ0) is 12.6. The van der Waals surface area contributed by atoms with Crippen molar-refractivity contribution in [3.8, 4) is 5.75 Å². The fourth-order valence-electron chi connectivity index (χ4n) is 2.72. The highest BCUT2D eigenvalue weighted by Crippen LogP contribution is 2.38. The number of rotatable bonds is 2. The minimum absolute atomic E-state index is 0.600. The summed E-state index contributed by atoms with van der Waals surface area (Å²) in [5.74, 6) is 1.41. The molecule has 0 saturated heterocycles. The van der Waals surface area contributed by atoms with E-state index in [0.29, 0.717) is 5.92 Å². The van der Waals surface area contributed by atoms with Crippen molar-refractivity contribution in [3.63, 3.8) is 0 Å².